The van der Waals surface area contributed by atoms with Crippen LogP contribution in [0.2, 0.25) is 0 Å². The summed E-state index contributed by atoms with van der Waals surface area (Å²) in [5.41, 5.74) is 5.85. The molecule has 3 aromatic rings. The van der Waals surface area contributed by atoms with Crippen LogP contribution in [-0.2, 0) is 4.74 Å². The van der Waals surface area contributed by atoms with E-state index in [9.17, 15) is 14.0 Å². The fourth-order valence-corrected chi connectivity index (χ4v) is 2.86. The molecule has 0 saturated carbocycles. The second-order valence-electron chi connectivity index (χ2n) is 4.96. The zero-order valence-corrected chi connectivity index (χ0v) is 14.3. The summed E-state index contributed by atoms with van der Waals surface area (Å²) in [6.45, 7) is 1.81. The van der Waals surface area contributed by atoms with Crippen molar-refractivity contribution in [2.45, 2.75) is 6.92 Å². The molecule has 3 rings (SSSR count). The maximum Gasteiger partial charge on any atom is 0.360 e. The first-order valence-corrected chi connectivity index (χ1v) is 8.27. The van der Waals surface area contributed by atoms with Crippen LogP contribution < -0.4 is 11.1 Å². The topological polar surface area (TPSA) is 120 Å². The number of para-hydroxylation sites is 1. The monoisotopic (exact) mass is 376 g/mol. The third kappa shape index (κ3) is 3.54. The van der Waals surface area contributed by atoms with Crippen LogP contribution in [0.25, 0.3) is 0 Å². The predicted octanol–water partition coefficient (Wildman–Crippen LogP) is 3.00. The van der Waals surface area contributed by atoms with Crippen LogP contribution in [0.4, 0.5) is 21.0 Å². The Morgan fingerprint density at radius 1 is 1.38 bits per heavy atom. The number of carbonyl (C=O) groups is 2. The quantitative estimate of drug-likeness (QED) is 0.497. The van der Waals surface area contributed by atoms with Crippen LogP contribution in [0.5, 0.6) is 0 Å². The molecule has 8 nitrogen and oxygen atoms in total. The fraction of sp³-hybridized carbons (Fsp3) is 0.125. The van der Waals surface area contributed by atoms with Gasteiger partial charge in [0, 0.05) is 6.07 Å². The number of carbonyl (C=O) groups excluding carboxylic acids is 2. The highest BCUT2D eigenvalue weighted by molar-refractivity contribution is 7.18. The summed E-state index contributed by atoms with van der Waals surface area (Å²) in [6.07, 6.45) is 0. The van der Waals surface area contributed by atoms with E-state index in [1.807, 2.05) is 0 Å². The average molecular weight is 376 g/mol. The number of hydrogen-bond donors (Lipinski definition) is 2. The molecular formula is C16H13FN4O4S. The summed E-state index contributed by atoms with van der Waals surface area (Å²) in [4.78, 5) is 28.2. The molecule has 0 aliphatic rings. The lowest BCUT2D eigenvalue weighted by atomic mass is 10.2. The van der Waals surface area contributed by atoms with Gasteiger partial charge < -0.3 is 20.3 Å². The van der Waals surface area contributed by atoms with Crippen molar-refractivity contribution in [1.29, 1.82) is 0 Å². The summed E-state index contributed by atoms with van der Waals surface area (Å²) in [7, 11) is 0. The normalized spacial score (nSPS) is 10.5. The number of nitrogens with two attached hydrogens (primary N) is 1. The molecule has 2 aromatic heterocycles. The summed E-state index contributed by atoms with van der Waals surface area (Å²) in [5.74, 6) is -1.99. The Morgan fingerprint density at radius 3 is 2.88 bits per heavy atom. The van der Waals surface area contributed by atoms with Gasteiger partial charge in [0.05, 0.1) is 12.3 Å². The van der Waals surface area contributed by atoms with Gasteiger partial charge in [0.1, 0.15) is 16.5 Å². The van der Waals surface area contributed by atoms with Gasteiger partial charge in [0.25, 0.3) is 0 Å². The van der Waals surface area contributed by atoms with Gasteiger partial charge in [-0.25, -0.2) is 14.2 Å². The lowest BCUT2D eigenvalue weighted by Gasteiger charge is -2.02. The maximum atomic E-state index is 13.7. The largest absolute Gasteiger partial charge is 0.461 e. The van der Waals surface area contributed by atoms with Gasteiger partial charge >= 0.3 is 5.97 Å². The molecule has 0 saturated heterocycles. The Morgan fingerprint density at radius 2 is 2.15 bits per heavy atom. The number of esters is 1. The smallest absolute Gasteiger partial charge is 0.360 e. The van der Waals surface area contributed by atoms with E-state index in [2.05, 4.69) is 15.5 Å². The Kier molecular flexibility index (Phi) is 4.94. The summed E-state index contributed by atoms with van der Waals surface area (Å²) in [5, 5.41) is 6.50. The summed E-state index contributed by atoms with van der Waals surface area (Å²) < 4.78 is 23.4. The van der Waals surface area contributed by atoms with Crippen molar-refractivity contribution in [3.05, 3.63) is 52.5 Å². The Bertz CT molecular complexity index is 969. The number of nitrogen functional groups attached to an aromatic ring is 1. The third-order valence-electron chi connectivity index (χ3n) is 3.19. The first-order valence-electron chi connectivity index (χ1n) is 7.46. The lowest BCUT2D eigenvalue weighted by molar-refractivity contribution is 0.0514. The minimum atomic E-state index is -0.700. The number of rotatable bonds is 6. The number of anilines is 3. The number of ketones is 1. The molecule has 0 aliphatic carbocycles. The van der Waals surface area contributed by atoms with Crippen LogP contribution in [0, 0.1) is 5.82 Å². The van der Waals surface area contributed by atoms with Crippen molar-refractivity contribution in [3.8, 4) is 0 Å². The molecule has 26 heavy (non-hydrogen) atoms. The van der Waals surface area contributed by atoms with Crippen LogP contribution in [0.3, 0.4) is 0 Å². The zero-order chi connectivity index (χ0) is 18.7. The number of halogens is 1. The van der Waals surface area contributed by atoms with E-state index >= 15 is 0 Å². The predicted molar refractivity (Wildman–Crippen MR) is 92.1 cm³/mol. The van der Waals surface area contributed by atoms with Crippen molar-refractivity contribution in [2.75, 3.05) is 17.7 Å². The summed E-state index contributed by atoms with van der Waals surface area (Å²) in [6, 6.07) is 7.19. The highest BCUT2D eigenvalue weighted by Gasteiger charge is 2.24. The molecule has 0 fully saturated rings. The highest BCUT2D eigenvalue weighted by atomic mass is 32.1. The zero-order valence-electron chi connectivity index (χ0n) is 13.5. The van der Waals surface area contributed by atoms with Gasteiger partial charge in [-0.2, -0.15) is 0 Å². The van der Waals surface area contributed by atoms with Crippen LogP contribution in [-0.4, -0.2) is 28.5 Å². The van der Waals surface area contributed by atoms with Gasteiger partial charge in [-0.1, -0.05) is 28.6 Å². The Hall–Kier alpha value is -3.27. The first-order chi connectivity index (χ1) is 12.5. The first kappa shape index (κ1) is 17.5. The molecule has 0 unspecified atom stereocenters. The Balaban J connectivity index is 1.81. The van der Waals surface area contributed by atoms with Crippen LogP contribution in [0.15, 0.2) is 34.9 Å². The fourth-order valence-electron chi connectivity index (χ4n) is 2.02. The van der Waals surface area contributed by atoms with Crippen molar-refractivity contribution in [1.82, 2.24) is 10.1 Å². The molecule has 0 spiro atoms. The number of aromatic nitrogens is 2. The third-order valence-corrected chi connectivity index (χ3v) is 4.18. The number of thiazole rings is 1. The number of hydrogen-bond acceptors (Lipinski definition) is 9. The van der Waals surface area contributed by atoms with Crippen molar-refractivity contribution < 1.29 is 23.2 Å². The SMILES string of the molecule is CCOC(=O)c1cc(C(=O)c2sc(Nc3ccccc3F)nc2N)on1. The molecular weight excluding hydrogens is 363 g/mol. The number of nitrogens with zero attached hydrogens (tertiary/aromatic N) is 2. The molecule has 0 atom stereocenters. The van der Waals surface area contributed by atoms with Crippen molar-refractivity contribution in [3.63, 3.8) is 0 Å². The van der Waals surface area contributed by atoms with Gasteiger partial charge in [-0.3, -0.25) is 4.79 Å². The molecule has 0 radical (unpaired) electrons. The van der Waals surface area contributed by atoms with Crippen LogP contribution in [0.1, 0.15) is 32.8 Å². The van der Waals surface area contributed by atoms with E-state index in [1.54, 1.807) is 19.1 Å². The maximum absolute atomic E-state index is 13.7. The van der Waals surface area contributed by atoms with Gasteiger partial charge in [-0.05, 0) is 19.1 Å². The van der Waals surface area contributed by atoms with E-state index < -0.39 is 17.6 Å². The molecule has 134 valence electrons. The molecule has 0 bridgehead atoms. The standard InChI is InChI=1S/C16H13FN4O4S/c1-2-24-15(23)10-7-11(25-21-10)12(22)13-14(18)20-16(26-13)19-9-6-4-3-5-8(9)17/h3-7H,2,18H2,1H3,(H,19,20). The molecule has 3 N–H and O–H groups in total. The Labute approximate surface area is 150 Å². The molecule has 1 aromatic carbocycles. The number of benzene rings is 1. The van der Waals surface area contributed by atoms with Crippen LogP contribution >= 0.6 is 11.3 Å². The van der Waals surface area contributed by atoms with Gasteiger partial charge in [0.15, 0.2) is 10.8 Å². The number of ether oxygens (including phenoxy) is 1. The molecule has 2 heterocycles. The number of nitrogens with one attached hydrogen (secondary N) is 1. The van der Waals surface area contributed by atoms with Crippen molar-refractivity contribution in [2.24, 2.45) is 0 Å². The minimum Gasteiger partial charge on any atom is -0.461 e. The van der Waals surface area contributed by atoms with E-state index in [1.165, 1.54) is 18.2 Å². The highest BCUT2D eigenvalue weighted by Crippen LogP contribution is 2.30. The summed E-state index contributed by atoms with van der Waals surface area (Å²) >= 11 is 0.927. The minimum absolute atomic E-state index is 0.0482. The molecule has 10 heteroatoms. The van der Waals surface area contributed by atoms with E-state index in [4.69, 9.17) is 15.0 Å². The second-order valence-corrected chi connectivity index (χ2v) is 5.96. The van der Waals surface area contributed by atoms with Crippen molar-refractivity contribution >= 4 is 39.7 Å². The van der Waals surface area contributed by atoms with E-state index in [0.29, 0.717) is 0 Å². The second kappa shape index (κ2) is 7.31. The van der Waals surface area contributed by atoms with Gasteiger partial charge in [-0.15, -0.1) is 0 Å². The molecule has 0 aliphatic heterocycles. The molecule has 0 amide bonds. The van der Waals surface area contributed by atoms with E-state index in [0.717, 1.165) is 11.3 Å². The van der Waals surface area contributed by atoms with E-state index in [-0.39, 0.29) is 39.6 Å². The average Bonchev–Trinajstić information content (AvgIpc) is 3.24. The lowest BCUT2D eigenvalue weighted by Crippen LogP contribution is -2.05. The van der Waals surface area contributed by atoms with Gasteiger partial charge in [0.2, 0.25) is 11.5 Å².